The van der Waals surface area contributed by atoms with Crippen molar-refractivity contribution in [3.05, 3.63) is 59.4 Å². The van der Waals surface area contributed by atoms with Gasteiger partial charge in [0.2, 0.25) is 0 Å². The van der Waals surface area contributed by atoms with Crippen LogP contribution in [-0.4, -0.2) is 27.8 Å². The predicted octanol–water partition coefficient (Wildman–Crippen LogP) is 1.14. The van der Waals surface area contributed by atoms with E-state index >= 15 is 0 Å². The monoisotopic (exact) mass is 281 g/mol. The lowest BCUT2D eigenvalue weighted by atomic mass is 10.1. The number of aromatic nitrogens is 2. The summed E-state index contributed by atoms with van der Waals surface area (Å²) in [6.45, 7) is 0.389. The van der Waals surface area contributed by atoms with Crippen LogP contribution in [0.25, 0.3) is 0 Å². The Bertz CT molecular complexity index is 643. The van der Waals surface area contributed by atoms with Gasteiger partial charge in [0.15, 0.2) is 0 Å². The Morgan fingerprint density at radius 2 is 2.05 bits per heavy atom. The second kappa shape index (κ2) is 7.78. The fourth-order valence-corrected chi connectivity index (χ4v) is 1.63. The number of amides is 1. The first-order valence-electron chi connectivity index (χ1n) is 6.54. The number of hydrogen-bond acceptors (Lipinski definition) is 4. The molecule has 0 bridgehead atoms. The van der Waals surface area contributed by atoms with Gasteiger partial charge in [0.25, 0.3) is 5.91 Å². The SMILES string of the molecule is O=C(NCc1cccnn1)c1ccc(C#CCCO)cc1. The third-order valence-electron chi connectivity index (χ3n) is 2.67. The number of nitrogens with zero attached hydrogens (tertiary/aromatic N) is 2. The van der Waals surface area contributed by atoms with Gasteiger partial charge in [-0.25, -0.2) is 0 Å². The number of aliphatic hydroxyl groups is 1. The summed E-state index contributed by atoms with van der Waals surface area (Å²) in [5.41, 5.74) is 2.08. The fraction of sp³-hybridized carbons (Fsp3) is 0.188. The van der Waals surface area contributed by atoms with Gasteiger partial charge in [0.05, 0.1) is 18.8 Å². The Labute approximate surface area is 123 Å². The minimum atomic E-state index is -0.171. The van der Waals surface area contributed by atoms with Gasteiger partial charge < -0.3 is 10.4 Å². The molecular formula is C16H15N3O2. The number of carbonyl (C=O) groups is 1. The average molecular weight is 281 g/mol. The maximum Gasteiger partial charge on any atom is 0.251 e. The normalized spacial score (nSPS) is 9.57. The molecule has 0 aliphatic heterocycles. The molecule has 2 rings (SSSR count). The molecule has 5 heteroatoms. The molecule has 5 nitrogen and oxygen atoms in total. The number of benzene rings is 1. The number of rotatable bonds is 4. The van der Waals surface area contributed by atoms with Crippen LogP contribution in [0.2, 0.25) is 0 Å². The second-order valence-electron chi connectivity index (χ2n) is 4.25. The number of nitrogens with one attached hydrogen (secondary N) is 1. The molecule has 0 fully saturated rings. The van der Waals surface area contributed by atoms with Crippen molar-refractivity contribution in [2.75, 3.05) is 6.61 Å². The van der Waals surface area contributed by atoms with Crippen LogP contribution in [0.3, 0.4) is 0 Å². The summed E-state index contributed by atoms with van der Waals surface area (Å²) in [5, 5.41) is 19.1. The summed E-state index contributed by atoms with van der Waals surface area (Å²) in [6.07, 6.45) is 2.03. The predicted molar refractivity (Wildman–Crippen MR) is 78.2 cm³/mol. The Balaban J connectivity index is 1.92. The summed E-state index contributed by atoms with van der Waals surface area (Å²) >= 11 is 0. The molecule has 0 unspecified atom stereocenters. The van der Waals surface area contributed by atoms with E-state index in [1.807, 2.05) is 0 Å². The first kappa shape index (κ1) is 14.7. The minimum absolute atomic E-state index is 0.0515. The molecule has 1 aromatic heterocycles. The van der Waals surface area contributed by atoms with Gasteiger partial charge in [-0.1, -0.05) is 11.8 Å². The summed E-state index contributed by atoms with van der Waals surface area (Å²) in [5.74, 6) is 5.57. The number of hydrogen-bond donors (Lipinski definition) is 2. The van der Waals surface area contributed by atoms with Crippen molar-refractivity contribution >= 4 is 5.91 Å². The van der Waals surface area contributed by atoms with Crippen molar-refractivity contribution < 1.29 is 9.90 Å². The van der Waals surface area contributed by atoms with Crippen LogP contribution >= 0.6 is 0 Å². The van der Waals surface area contributed by atoms with Crippen LogP contribution < -0.4 is 5.32 Å². The van der Waals surface area contributed by atoms with Crippen molar-refractivity contribution in [1.29, 1.82) is 0 Å². The standard InChI is InChI=1S/C16H15N3O2/c20-11-2-1-4-13-6-8-14(9-7-13)16(21)17-12-15-5-3-10-18-19-15/h3,5-10,20H,2,11-12H2,(H,17,21). The lowest BCUT2D eigenvalue weighted by molar-refractivity contribution is 0.0950. The molecule has 0 radical (unpaired) electrons. The molecule has 2 aromatic rings. The van der Waals surface area contributed by atoms with Gasteiger partial charge in [-0.2, -0.15) is 10.2 Å². The lowest BCUT2D eigenvalue weighted by Gasteiger charge is -2.04. The quantitative estimate of drug-likeness (QED) is 0.824. The summed E-state index contributed by atoms with van der Waals surface area (Å²) in [6, 6.07) is 10.6. The molecule has 0 saturated carbocycles. The van der Waals surface area contributed by atoms with Crippen molar-refractivity contribution in [3.8, 4) is 11.8 Å². The van der Waals surface area contributed by atoms with Crippen molar-refractivity contribution in [1.82, 2.24) is 15.5 Å². The largest absolute Gasteiger partial charge is 0.395 e. The molecule has 0 saturated heterocycles. The van der Waals surface area contributed by atoms with Crippen LogP contribution in [0.4, 0.5) is 0 Å². The van der Waals surface area contributed by atoms with Crippen molar-refractivity contribution in [2.45, 2.75) is 13.0 Å². The topological polar surface area (TPSA) is 75.1 Å². The molecule has 0 atom stereocenters. The molecule has 1 heterocycles. The highest BCUT2D eigenvalue weighted by molar-refractivity contribution is 5.94. The maximum absolute atomic E-state index is 12.0. The van der Waals surface area contributed by atoms with Gasteiger partial charge in [-0.3, -0.25) is 4.79 Å². The van der Waals surface area contributed by atoms with Gasteiger partial charge in [0, 0.05) is 23.7 Å². The first-order chi connectivity index (χ1) is 10.3. The highest BCUT2D eigenvalue weighted by Gasteiger charge is 2.05. The molecule has 0 aliphatic rings. The smallest absolute Gasteiger partial charge is 0.251 e. The van der Waals surface area contributed by atoms with Gasteiger partial charge >= 0.3 is 0 Å². The zero-order valence-electron chi connectivity index (χ0n) is 11.4. The molecule has 106 valence electrons. The van der Waals surface area contributed by atoms with Gasteiger partial charge in [0.1, 0.15) is 0 Å². The number of aliphatic hydroxyl groups excluding tert-OH is 1. The van der Waals surface area contributed by atoms with E-state index < -0.39 is 0 Å². The van der Waals surface area contributed by atoms with Crippen LogP contribution in [-0.2, 0) is 6.54 Å². The lowest BCUT2D eigenvalue weighted by Crippen LogP contribution is -2.23. The van der Waals surface area contributed by atoms with Gasteiger partial charge in [-0.05, 0) is 36.4 Å². The van der Waals surface area contributed by atoms with Crippen LogP contribution in [0, 0.1) is 11.8 Å². The molecule has 1 aromatic carbocycles. The summed E-state index contributed by atoms with van der Waals surface area (Å²) in [4.78, 5) is 12.0. The second-order valence-corrected chi connectivity index (χ2v) is 4.25. The van der Waals surface area contributed by atoms with E-state index in [4.69, 9.17) is 5.11 Å². The maximum atomic E-state index is 12.0. The molecule has 0 aliphatic carbocycles. The van der Waals surface area contributed by atoms with E-state index in [0.717, 1.165) is 5.56 Å². The Morgan fingerprint density at radius 3 is 2.71 bits per heavy atom. The zero-order valence-corrected chi connectivity index (χ0v) is 11.4. The van der Waals surface area contributed by atoms with Crippen LogP contribution in [0.5, 0.6) is 0 Å². The van der Waals surface area contributed by atoms with Crippen molar-refractivity contribution in [3.63, 3.8) is 0 Å². The van der Waals surface area contributed by atoms with E-state index in [1.54, 1.807) is 42.6 Å². The molecular weight excluding hydrogens is 266 g/mol. The Morgan fingerprint density at radius 1 is 1.24 bits per heavy atom. The summed E-state index contributed by atoms with van der Waals surface area (Å²) < 4.78 is 0. The van der Waals surface area contributed by atoms with E-state index in [0.29, 0.717) is 24.2 Å². The Kier molecular flexibility index (Phi) is 5.44. The summed E-state index contributed by atoms with van der Waals surface area (Å²) in [7, 11) is 0. The third kappa shape index (κ3) is 4.71. The van der Waals surface area contributed by atoms with Crippen molar-refractivity contribution in [2.24, 2.45) is 0 Å². The molecule has 21 heavy (non-hydrogen) atoms. The van der Waals surface area contributed by atoms with Gasteiger partial charge in [-0.15, -0.1) is 0 Å². The third-order valence-corrected chi connectivity index (χ3v) is 2.67. The van der Waals surface area contributed by atoms with E-state index in [-0.39, 0.29) is 12.5 Å². The van der Waals surface area contributed by atoms with Crippen LogP contribution in [0.15, 0.2) is 42.6 Å². The Hall–Kier alpha value is -2.71. The number of carbonyl (C=O) groups excluding carboxylic acids is 1. The molecule has 0 spiro atoms. The molecule has 2 N–H and O–H groups in total. The van der Waals surface area contributed by atoms with Crippen LogP contribution in [0.1, 0.15) is 28.0 Å². The molecule has 1 amide bonds. The fourth-order valence-electron chi connectivity index (χ4n) is 1.63. The highest BCUT2D eigenvalue weighted by atomic mass is 16.2. The average Bonchev–Trinajstić information content (AvgIpc) is 2.54. The van der Waals surface area contributed by atoms with E-state index in [1.165, 1.54) is 0 Å². The highest BCUT2D eigenvalue weighted by Crippen LogP contribution is 2.04. The van der Waals surface area contributed by atoms with E-state index in [9.17, 15) is 4.79 Å². The minimum Gasteiger partial charge on any atom is -0.395 e. The first-order valence-corrected chi connectivity index (χ1v) is 6.54. The van der Waals surface area contributed by atoms with E-state index in [2.05, 4.69) is 27.4 Å². The zero-order chi connectivity index (χ0) is 14.9.